The van der Waals surface area contributed by atoms with Crippen LogP contribution in [0.2, 0.25) is 0 Å². The van der Waals surface area contributed by atoms with Gasteiger partial charge in [-0.1, -0.05) is 0 Å². The number of rotatable bonds is 3. The van der Waals surface area contributed by atoms with Crippen molar-refractivity contribution < 1.29 is 24.6 Å². The Morgan fingerprint density at radius 3 is 2.65 bits per heavy atom. The van der Waals surface area contributed by atoms with Crippen LogP contribution >= 0.6 is 0 Å². The Balaban J connectivity index is 2.04. The van der Waals surface area contributed by atoms with Gasteiger partial charge in [0.1, 0.15) is 5.75 Å². The average Bonchev–Trinajstić information content (AvgIpc) is 2.41. The van der Waals surface area contributed by atoms with Crippen LogP contribution in [0.1, 0.15) is 23.2 Å². The van der Waals surface area contributed by atoms with Crippen LogP contribution < -0.4 is 10.6 Å². The monoisotopic (exact) mass is 278 g/mol. The van der Waals surface area contributed by atoms with Crippen molar-refractivity contribution in [2.75, 3.05) is 11.9 Å². The molecule has 0 aliphatic carbocycles. The molecule has 0 radical (unpaired) electrons. The molecule has 1 aromatic rings. The summed E-state index contributed by atoms with van der Waals surface area (Å²) in [5, 5.41) is 23.6. The van der Waals surface area contributed by atoms with Gasteiger partial charge in [-0.2, -0.15) is 0 Å². The van der Waals surface area contributed by atoms with Gasteiger partial charge >= 0.3 is 5.97 Å². The quantitative estimate of drug-likeness (QED) is 0.603. The highest BCUT2D eigenvalue weighted by Gasteiger charge is 2.25. The number of carboxylic acids is 1. The molecule has 1 aromatic carbocycles. The fraction of sp³-hybridized carbons (Fsp3) is 0.308. The van der Waals surface area contributed by atoms with Gasteiger partial charge in [-0.15, -0.1) is 0 Å². The van der Waals surface area contributed by atoms with E-state index in [0.29, 0.717) is 12.8 Å². The SMILES string of the molecule is O=C1CCC(C(=O)Nc2ccc(C(=O)O)cc2O)CN1. The molecule has 1 heterocycles. The van der Waals surface area contributed by atoms with Crippen LogP contribution in [0.25, 0.3) is 0 Å². The largest absolute Gasteiger partial charge is 0.506 e. The number of carboxylic acid groups (broad SMARTS) is 1. The molecular formula is C13H14N2O5. The van der Waals surface area contributed by atoms with Crippen molar-refractivity contribution in [1.29, 1.82) is 0 Å². The highest BCUT2D eigenvalue weighted by molar-refractivity contribution is 5.96. The number of anilines is 1. The average molecular weight is 278 g/mol. The molecule has 1 aliphatic heterocycles. The molecule has 7 heteroatoms. The maximum atomic E-state index is 12.0. The van der Waals surface area contributed by atoms with Gasteiger partial charge in [0, 0.05) is 13.0 Å². The fourth-order valence-electron chi connectivity index (χ4n) is 1.96. The summed E-state index contributed by atoms with van der Waals surface area (Å²) < 4.78 is 0. The molecule has 0 spiro atoms. The van der Waals surface area contributed by atoms with Gasteiger partial charge in [0.25, 0.3) is 0 Å². The second-order valence-corrected chi connectivity index (χ2v) is 4.57. The summed E-state index contributed by atoms with van der Waals surface area (Å²) in [7, 11) is 0. The van der Waals surface area contributed by atoms with E-state index in [1.54, 1.807) is 0 Å². The topological polar surface area (TPSA) is 116 Å². The van der Waals surface area contributed by atoms with Gasteiger partial charge in [-0.25, -0.2) is 4.79 Å². The lowest BCUT2D eigenvalue weighted by molar-refractivity contribution is -0.126. The van der Waals surface area contributed by atoms with Gasteiger partial charge in [0.15, 0.2) is 0 Å². The standard InChI is InChI=1S/C13H14N2O5/c16-10-5-7(13(19)20)1-3-9(10)15-12(18)8-2-4-11(17)14-6-8/h1,3,5,8,16H,2,4,6H2,(H,14,17)(H,15,18)(H,19,20). The summed E-state index contributed by atoms with van der Waals surface area (Å²) in [6.07, 6.45) is 0.744. The number of hydrogen-bond acceptors (Lipinski definition) is 4. The number of amides is 2. The number of hydrogen-bond donors (Lipinski definition) is 4. The maximum Gasteiger partial charge on any atom is 0.335 e. The van der Waals surface area contributed by atoms with E-state index in [1.165, 1.54) is 12.1 Å². The minimum atomic E-state index is -1.16. The molecule has 0 bridgehead atoms. The first-order chi connectivity index (χ1) is 9.47. The van der Waals surface area contributed by atoms with E-state index in [9.17, 15) is 19.5 Å². The molecule has 20 heavy (non-hydrogen) atoms. The van der Waals surface area contributed by atoms with Crippen LogP contribution in [0.15, 0.2) is 18.2 Å². The van der Waals surface area contributed by atoms with Crippen molar-refractivity contribution in [3.05, 3.63) is 23.8 Å². The number of aromatic hydroxyl groups is 1. The predicted octanol–water partition coefficient (Wildman–Crippen LogP) is 0.555. The van der Waals surface area contributed by atoms with Gasteiger partial charge in [0.05, 0.1) is 17.2 Å². The zero-order valence-electron chi connectivity index (χ0n) is 10.5. The predicted molar refractivity (Wildman–Crippen MR) is 69.4 cm³/mol. The van der Waals surface area contributed by atoms with Crippen LogP contribution in [0.4, 0.5) is 5.69 Å². The van der Waals surface area contributed by atoms with E-state index in [1.807, 2.05) is 0 Å². The highest BCUT2D eigenvalue weighted by Crippen LogP contribution is 2.25. The Bertz CT molecular complexity index is 560. The second kappa shape index (κ2) is 5.60. The highest BCUT2D eigenvalue weighted by atomic mass is 16.4. The first-order valence-corrected chi connectivity index (χ1v) is 6.11. The van der Waals surface area contributed by atoms with Crippen LogP contribution in [0.5, 0.6) is 5.75 Å². The summed E-state index contributed by atoms with van der Waals surface area (Å²) in [6, 6.07) is 3.69. The third-order valence-electron chi connectivity index (χ3n) is 3.14. The zero-order valence-corrected chi connectivity index (χ0v) is 10.5. The number of carbonyl (C=O) groups is 3. The Morgan fingerprint density at radius 1 is 1.35 bits per heavy atom. The van der Waals surface area contributed by atoms with Crippen LogP contribution in [0.3, 0.4) is 0 Å². The Kier molecular flexibility index (Phi) is 3.88. The number of phenols is 1. The van der Waals surface area contributed by atoms with E-state index >= 15 is 0 Å². The molecule has 1 unspecified atom stereocenters. The summed E-state index contributed by atoms with van der Waals surface area (Å²) in [6.45, 7) is 0.263. The zero-order chi connectivity index (χ0) is 14.7. The third kappa shape index (κ3) is 3.05. The summed E-state index contributed by atoms with van der Waals surface area (Å²) in [5.41, 5.74) is 0.0855. The van der Waals surface area contributed by atoms with Crippen LogP contribution in [0, 0.1) is 5.92 Å². The number of nitrogens with one attached hydrogen (secondary N) is 2. The van der Waals surface area contributed by atoms with E-state index < -0.39 is 5.97 Å². The van der Waals surface area contributed by atoms with Crippen LogP contribution in [-0.4, -0.2) is 34.5 Å². The fourth-order valence-corrected chi connectivity index (χ4v) is 1.96. The van der Waals surface area contributed by atoms with Gasteiger partial charge in [-0.05, 0) is 24.6 Å². The molecule has 4 N–H and O–H groups in total. The molecule has 1 fully saturated rings. The molecule has 7 nitrogen and oxygen atoms in total. The molecule has 1 aliphatic rings. The number of piperidine rings is 1. The smallest absolute Gasteiger partial charge is 0.335 e. The minimum Gasteiger partial charge on any atom is -0.506 e. The Hall–Kier alpha value is -2.57. The van der Waals surface area contributed by atoms with Gasteiger partial charge in [-0.3, -0.25) is 9.59 Å². The minimum absolute atomic E-state index is 0.0644. The lowest BCUT2D eigenvalue weighted by Crippen LogP contribution is -2.40. The van der Waals surface area contributed by atoms with Crippen molar-refractivity contribution >= 4 is 23.5 Å². The molecule has 1 saturated heterocycles. The van der Waals surface area contributed by atoms with E-state index in [0.717, 1.165) is 6.07 Å². The van der Waals surface area contributed by atoms with Crippen molar-refractivity contribution in [3.63, 3.8) is 0 Å². The Labute approximate surface area is 114 Å². The number of phenolic OH excluding ortho intramolecular Hbond substituents is 1. The van der Waals surface area contributed by atoms with E-state index in [2.05, 4.69) is 10.6 Å². The molecule has 0 saturated carbocycles. The molecule has 0 aromatic heterocycles. The van der Waals surface area contributed by atoms with Crippen molar-refractivity contribution in [2.45, 2.75) is 12.8 Å². The van der Waals surface area contributed by atoms with Crippen molar-refractivity contribution in [3.8, 4) is 5.75 Å². The number of benzene rings is 1. The summed E-state index contributed by atoms with van der Waals surface area (Å²) >= 11 is 0. The first-order valence-electron chi connectivity index (χ1n) is 6.11. The van der Waals surface area contributed by atoms with Gasteiger partial charge in [0.2, 0.25) is 11.8 Å². The van der Waals surface area contributed by atoms with Crippen LogP contribution in [-0.2, 0) is 9.59 Å². The third-order valence-corrected chi connectivity index (χ3v) is 3.14. The lowest BCUT2D eigenvalue weighted by atomic mass is 9.98. The number of aromatic carboxylic acids is 1. The number of carbonyl (C=O) groups excluding carboxylic acids is 2. The van der Waals surface area contributed by atoms with Crippen molar-refractivity contribution in [1.82, 2.24) is 5.32 Å². The molecule has 2 rings (SSSR count). The lowest BCUT2D eigenvalue weighted by Gasteiger charge is -2.21. The molecular weight excluding hydrogens is 264 g/mol. The first kappa shape index (κ1) is 13.9. The van der Waals surface area contributed by atoms with E-state index in [-0.39, 0.29) is 41.3 Å². The second-order valence-electron chi connectivity index (χ2n) is 4.57. The molecule has 106 valence electrons. The normalized spacial score (nSPS) is 18.2. The molecule has 2 amide bonds. The Morgan fingerprint density at radius 2 is 2.10 bits per heavy atom. The molecule has 1 atom stereocenters. The van der Waals surface area contributed by atoms with Gasteiger partial charge < -0.3 is 20.8 Å². The maximum absolute atomic E-state index is 12.0. The summed E-state index contributed by atoms with van der Waals surface area (Å²) in [4.78, 5) is 33.7. The van der Waals surface area contributed by atoms with Crippen molar-refractivity contribution in [2.24, 2.45) is 5.92 Å². The van der Waals surface area contributed by atoms with E-state index in [4.69, 9.17) is 5.11 Å². The summed E-state index contributed by atoms with van der Waals surface area (Å²) in [5.74, 6) is -2.22.